The van der Waals surface area contributed by atoms with Crippen molar-refractivity contribution in [1.82, 2.24) is 0 Å². The van der Waals surface area contributed by atoms with E-state index in [1.807, 2.05) is 24.3 Å². The maximum atomic E-state index is 11.4. The minimum absolute atomic E-state index is 0.135. The summed E-state index contributed by atoms with van der Waals surface area (Å²) in [6.07, 6.45) is 0.731. The molecule has 1 heterocycles. The van der Waals surface area contributed by atoms with Crippen LogP contribution in [0.1, 0.15) is 12.0 Å². The standard InChI is InChI=1S/C13H12Cl3NO3S/c14-13(15,16)12(17)20-7-8-1-3-9(4-2-8)21-10-5-6-19-11(10)18/h1-4,10,17H,5-7H2. The summed E-state index contributed by atoms with van der Waals surface area (Å²) in [5, 5.41) is 7.30. The van der Waals surface area contributed by atoms with Crippen molar-refractivity contribution in [2.24, 2.45) is 0 Å². The van der Waals surface area contributed by atoms with Crippen molar-refractivity contribution in [2.45, 2.75) is 27.0 Å². The molecule has 0 radical (unpaired) electrons. The predicted octanol–water partition coefficient (Wildman–Crippen LogP) is 3.96. The number of esters is 1. The first-order chi connectivity index (χ1) is 9.86. The van der Waals surface area contributed by atoms with E-state index in [1.54, 1.807) is 0 Å². The zero-order chi connectivity index (χ0) is 15.5. The molecule has 1 aliphatic rings. The van der Waals surface area contributed by atoms with Crippen LogP contribution in [0.15, 0.2) is 29.2 Å². The van der Waals surface area contributed by atoms with Crippen LogP contribution in [0, 0.1) is 5.41 Å². The van der Waals surface area contributed by atoms with Gasteiger partial charge in [0.15, 0.2) is 0 Å². The molecule has 0 spiro atoms. The van der Waals surface area contributed by atoms with Crippen LogP contribution in [-0.2, 0) is 20.9 Å². The molecule has 1 atom stereocenters. The van der Waals surface area contributed by atoms with E-state index in [-0.39, 0.29) is 17.8 Å². The molecular weight excluding hydrogens is 357 g/mol. The Bertz CT molecular complexity index is 530. The van der Waals surface area contributed by atoms with E-state index in [0.717, 1.165) is 16.9 Å². The minimum atomic E-state index is -1.85. The summed E-state index contributed by atoms with van der Waals surface area (Å²) in [5.74, 6) is -0.580. The van der Waals surface area contributed by atoms with E-state index in [1.165, 1.54) is 11.8 Å². The van der Waals surface area contributed by atoms with Crippen LogP contribution >= 0.6 is 46.6 Å². The summed E-state index contributed by atoms with van der Waals surface area (Å²) in [5.41, 5.74) is 0.840. The van der Waals surface area contributed by atoms with Gasteiger partial charge in [0.2, 0.25) is 5.90 Å². The van der Waals surface area contributed by atoms with E-state index in [0.29, 0.717) is 6.61 Å². The molecule has 0 aliphatic carbocycles. The Morgan fingerprint density at radius 2 is 2.05 bits per heavy atom. The maximum absolute atomic E-state index is 11.4. The highest BCUT2D eigenvalue weighted by Gasteiger charge is 2.29. The Morgan fingerprint density at radius 1 is 1.38 bits per heavy atom. The third-order valence-electron chi connectivity index (χ3n) is 2.73. The topological polar surface area (TPSA) is 59.4 Å². The van der Waals surface area contributed by atoms with Gasteiger partial charge in [-0.3, -0.25) is 10.2 Å². The van der Waals surface area contributed by atoms with Crippen LogP contribution in [0.2, 0.25) is 0 Å². The summed E-state index contributed by atoms with van der Waals surface area (Å²) in [4.78, 5) is 12.4. The van der Waals surface area contributed by atoms with E-state index in [9.17, 15) is 4.79 Å². The lowest BCUT2D eigenvalue weighted by Gasteiger charge is -2.13. The summed E-state index contributed by atoms with van der Waals surface area (Å²) in [6.45, 7) is 0.630. The number of hydrogen-bond acceptors (Lipinski definition) is 5. The molecule has 0 aromatic heterocycles. The van der Waals surface area contributed by atoms with Gasteiger partial charge in [0.05, 0.1) is 6.61 Å². The van der Waals surface area contributed by atoms with Crippen molar-refractivity contribution in [1.29, 1.82) is 5.41 Å². The number of hydrogen-bond donors (Lipinski definition) is 1. The molecule has 1 aliphatic heterocycles. The number of thioether (sulfide) groups is 1. The number of carbonyl (C=O) groups is 1. The van der Waals surface area contributed by atoms with Crippen molar-refractivity contribution >= 4 is 58.4 Å². The minimum Gasteiger partial charge on any atom is -0.473 e. The number of alkyl halides is 3. The molecular formula is C13H12Cl3NO3S. The summed E-state index contributed by atoms with van der Waals surface area (Å²) in [6, 6.07) is 7.45. The van der Waals surface area contributed by atoms with E-state index >= 15 is 0 Å². The second-order valence-electron chi connectivity index (χ2n) is 4.32. The highest BCUT2D eigenvalue weighted by atomic mass is 35.6. The van der Waals surface area contributed by atoms with Crippen LogP contribution in [-0.4, -0.2) is 27.5 Å². The molecule has 2 rings (SSSR count). The van der Waals surface area contributed by atoms with Crippen LogP contribution < -0.4 is 0 Å². The third-order valence-corrected chi connectivity index (χ3v) is 4.50. The summed E-state index contributed by atoms with van der Waals surface area (Å²) >= 11 is 18.0. The fourth-order valence-electron chi connectivity index (χ4n) is 1.65. The van der Waals surface area contributed by atoms with Gasteiger partial charge in [-0.15, -0.1) is 11.8 Å². The molecule has 0 amide bonds. The number of halogens is 3. The van der Waals surface area contributed by atoms with Crippen LogP contribution in [0.3, 0.4) is 0 Å². The van der Waals surface area contributed by atoms with Gasteiger partial charge in [0, 0.05) is 11.3 Å². The second kappa shape index (κ2) is 7.09. The van der Waals surface area contributed by atoms with E-state index in [2.05, 4.69) is 0 Å². The quantitative estimate of drug-likeness (QED) is 0.378. The molecule has 114 valence electrons. The molecule has 1 aromatic rings. The normalized spacial score (nSPS) is 18.4. The lowest BCUT2D eigenvalue weighted by atomic mass is 10.2. The SMILES string of the molecule is N=C(OCc1ccc(SC2CCOC2=O)cc1)C(Cl)(Cl)Cl. The molecule has 8 heteroatoms. The Morgan fingerprint density at radius 3 is 2.57 bits per heavy atom. The second-order valence-corrected chi connectivity index (χ2v) is 7.88. The molecule has 1 saturated heterocycles. The third kappa shape index (κ3) is 4.95. The van der Waals surface area contributed by atoms with Crippen molar-refractivity contribution < 1.29 is 14.3 Å². The van der Waals surface area contributed by atoms with Crippen molar-refractivity contribution in [2.75, 3.05) is 6.61 Å². The van der Waals surface area contributed by atoms with Crippen LogP contribution in [0.4, 0.5) is 0 Å². The zero-order valence-corrected chi connectivity index (χ0v) is 13.9. The fourth-order valence-corrected chi connectivity index (χ4v) is 2.81. The highest BCUT2D eigenvalue weighted by Crippen LogP contribution is 2.30. The van der Waals surface area contributed by atoms with Crippen molar-refractivity contribution in [3.63, 3.8) is 0 Å². The smallest absolute Gasteiger partial charge is 0.319 e. The van der Waals surface area contributed by atoms with Gasteiger partial charge in [-0.25, -0.2) is 0 Å². The molecule has 1 unspecified atom stereocenters. The van der Waals surface area contributed by atoms with Gasteiger partial charge in [-0.1, -0.05) is 46.9 Å². The monoisotopic (exact) mass is 367 g/mol. The zero-order valence-electron chi connectivity index (χ0n) is 10.8. The summed E-state index contributed by atoms with van der Waals surface area (Å²) < 4.78 is 8.16. The Labute approximate surface area is 141 Å². The van der Waals surface area contributed by atoms with Gasteiger partial charge in [-0.05, 0) is 17.7 Å². The maximum Gasteiger partial charge on any atom is 0.319 e. The number of carbonyl (C=O) groups excluding carboxylic acids is 1. The van der Waals surface area contributed by atoms with Gasteiger partial charge in [0.1, 0.15) is 11.9 Å². The molecule has 1 fully saturated rings. The van der Waals surface area contributed by atoms with Crippen LogP contribution in [0.5, 0.6) is 0 Å². The summed E-state index contributed by atoms with van der Waals surface area (Å²) in [7, 11) is 0. The molecule has 1 aromatic carbocycles. The number of benzene rings is 1. The predicted molar refractivity (Wildman–Crippen MR) is 84.5 cm³/mol. The van der Waals surface area contributed by atoms with Crippen molar-refractivity contribution in [3.8, 4) is 0 Å². The average Bonchev–Trinajstić information content (AvgIpc) is 2.82. The Hall–Kier alpha value is -0.620. The molecule has 4 nitrogen and oxygen atoms in total. The van der Waals surface area contributed by atoms with E-state index < -0.39 is 9.69 Å². The highest BCUT2D eigenvalue weighted by molar-refractivity contribution is 8.00. The Kier molecular flexibility index (Phi) is 5.66. The van der Waals surface area contributed by atoms with Crippen LogP contribution in [0.25, 0.3) is 0 Å². The number of nitrogens with one attached hydrogen (secondary N) is 1. The van der Waals surface area contributed by atoms with Gasteiger partial charge in [-0.2, -0.15) is 0 Å². The first-order valence-electron chi connectivity index (χ1n) is 6.07. The van der Waals surface area contributed by atoms with Gasteiger partial charge in [0.25, 0.3) is 3.79 Å². The molecule has 1 N–H and O–H groups in total. The molecule has 21 heavy (non-hydrogen) atoms. The fraction of sp³-hybridized carbons (Fsp3) is 0.385. The lowest BCUT2D eigenvalue weighted by Crippen LogP contribution is -2.20. The Balaban J connectivity index is 1.87. The lowest BCUT2D eigenvalue weighted by molar-refractivity contribution is -0.137. The number of rotatable bonds is 4. The van der Waals surface area contributed by atoms with E-state index in [4.69, 9.17) is 49.7 Å². The van der Waals surface area contributed by atoms with Gasteiger partial charge >= 0.3 is 5.97 Å². The van der Waals surface area contributed by atoms with Crippen molar-refractivity contribution in [3.05, 3.63) is 29.8 Å². The van der Waals surface area contributed by atoms with Gasteiger partial charge < -0.3 is 9.47 Å². The average molecular weight is 369 g/mol. The molecule has 0 bridgehead atoms. The largest absolute Gasteiger partial charge is 0.473 e. The molecule has 0 saturated carbocycles. The first kappa shape index (κ1) is 16.7. The number of ether oxygens (including phenoxy) is 2. The number of cyclic esters (lactones) is 1. The first-order valence-corrected chi connectivity index (χ1v) is 8.08.